The molecule has 0 saturated carbocycles. The van der Waals surface area contributed by atoms with Crippen molar-refractivity contribution in [2.45, 2.75) is 19.6 Å². The Hall–Kier alpha value is -2.77. The number of aromatic nitrogens is 1. The molecule has 0 radical (unpaired) electrons. The van der Waals surface area contributed by atoms with Crippen LogP contribution in [0.1, 0.15) is 21.9 Å². The number of carbonyl (C=O) groups is 1. The van der Waals surface area contributed by atoms with Crippen LogP contribution in [0.3, 0.4) is 0 Å². The van der Waals surface area contributed by atoms with E-state index in [4.69, 9.17) is 15.6 Å². The molecule has 1 aromatic carbocycles. The second kappa shape index (κ2) is 11.0. The number of oxazole rings is 1. The van der Waals surface area contributed by atoms with Gasteiger partial charge < -0.3 is 19.6 Å². The smallest absolute Gasteiger partial charge is 0.277 e. The van der Waals surface area contributed by atoms with E-state index in [-0.39, 0.29) is 24.7 Å². The Labute approximate surface area is 181 Å². The van der Waals surface area contributed by atoms with Crippen molar-refractivity contribution in [2.75, 3.05) is 51.3 Å². The number of aryl methyl sites for hydroxylation is 1. The number of nitrogens with zero attached hydrogens (tertiary/aromatic N) is 3. The lowest BCUT2D eigenvalue weighted by Gasteiger charge is -2.34. The summed E-state index contributed by atoms with van der Waals surface area (Å²) in [7, 11) is 0. The van der Waals surface area contributed by atoms with Gasteiger partial charge in [0.25, 0.3) is 5.91 Å². The normalized spacial score (nSPS) is 16.1. The molecule has 9 heteroatoms. The summed E-state index contributed by atoms with van der Waals surface area (Å²) >= 11 is 0. The van der Waals surface area contributed by atoms with E-state index in [0.29, 0.717) is 30.2 Å². The van der Waals surface area contributed by atoms with Crippen LogP contribution in [0.2, 0.25) is 0 Å². The van der Waals surface area contributed by atoms with Crippen molar-refractivity contribution < 1.29 is 23.4 Å². The highest BCUT2D eigenvalue weighted by Crippen LogP contribution is 2.15. The van der Waals surface area contributed by atoms with Gasteiger partial charge in [0.1, 0.15) is 18.7 Å². The zero-order valence-corrected chi connectivity index (χ0v) is 17.5. The molecule has 1 aromatic heterocycles. The van der Waals surface area contributed by atoms with E-state index in [1.807, 2.05) is 0 Å². The number of nitrogens with one attached hydrogen (secondary N) is 1. The van der Waals surface area contributed by atoms with E-state index in [1.54, 1.807) is 19.1 Å². The van der Waals surface area contributed by atoms with Crippen LogP contribution in [-0.2, 0) is 11.3 Å². The number of aliphatic hydroxyl groups excluding tert-OH is 1. The second-order valence-electron chi connectivity index (χ2n) is 7.49. The first-order valence-electron chi connectivity index (χ1n) is 10.1. The Morgan fingerprint density at radius 3 is 2.84 bits per heavy atom. The van der Waals surface area contributed by atoms with Crippen LogP contribution in [0, 0.1) is 25.1 Å². The number of piperazine rings is 1. The Balaban J connectivity index is 1.43. The van der Waals surface area contributed by atoms with Gasteiger partial charge in [0.15, 0.2) is 5.69 Å². The molecule has 1 aliphatic heterocycles. The van der Waals surface area contributed by atoms with Crippen molar-refractivity contribution in [3.8, 4) is 12.3 Å². The summed E-state index contributed by atoms with van der Waals surface area (Å²) in [6.45, 7) is 6.23. The van der Waals surface area contributed by atoms with Crippen LogP contribution >= 0.6 is 0 Å². The summed E-state index contributed by atoms with van der Waals surface area (Å²) < 4.78 is 24.2. The fraction of sp³-hybridized carbons (Fsp3) is 0.455. The number of β-amino-alcohol motifs (C(OH)–C–C–N with tert-alkyl or cyclic N) is 1. The van der Waals surface area contributed by atoms with Gasteiger partial charge in [-0.2, -0.15) is 0 Å². The van der Waals surface area contributed by atoms with Crippen molar-refractivity contribution in [3.63, 3.8) is 0 Å². The molecule has 0 spiro atoms. The monoisotopic (exact) mass is 430 g/mol. The lowest BCUT2D eigenvalue weighted by Crippen LogP contribution is -2.48. The van der Waals surface area contributed by atoms with Gasteiger partial charge in [-0.3, -0.25) is 14.6 Å². The molecule has 1 atom stereocenters. The number of benzene rings is 1. The number of anilines is 1. The number of rotatable bonds is 9. The standard InChI is InChI=1S/C22H27FN4O4/c1-3-10-30-14-18(28)12-26-6-8-27(9-7-26)13-21-25-20(15-31-21)22(29)24-17-5-4-16(2)19(23)11-17/h1,4-5,11,15,18,28H,6-10,12-14H2,2H3,(H,24,29). The maximum atomic E-state index is 13.6. The number of amides is 1. The maximum Gasteiger partial charge on any atom is 0.277 e. The number of halogens is 1. The summed E-state index contributed by atoms with van der Waals surface area (Å²) in [5.41, 5.74) is 1.01. The number of aliphatic hydroxyl groups is 1. The van der Waals surface area contributed by atoms with Crippen molar-refractivity contribution in [1.82, 2.24) is 14.8 Å². The predicted octanol–water partition coefficient (Wildman–Crippen LogP) is 1.50. The van der Waals surface area contributed by atoms with Gasteiger partial charge in [0.2, 0.25) is 5.89 Å². The fourth-order valence-corrected chi connectivity index (χ4v) is 3.28. The molecule has 0 aliphatic carbocycles. The topological polar surface area (TPSA) is 91.1 Å². The quantitative estimate of drug-likeness (QED) is 0.460. The summed E-state index contributed by atoms with van der Waals surface area (Å²) in [6, 6.07) is 4.50. The van der Waals surface area contributed by atoms with Gasteiger partial charge in [-0.15, -0.1) is 6.42 Å². The van der Waals surface area contributed by atoms with E-state index in [0.717, 1.165) is 26.2 Å². The average molecular weight is 430 g/mol. The maximum absolute atomic E-state index is 13.6. The minimum absolute atomic E-state index is 0.143. The highest BCUT2D eigenvalue weighted by molar-refractivity contribution is 6.02. The van der Waals surface area contributed by atoms with Crippen LogP contribution in [0.15, 0.2) is 28.9 Å². The number of terminal acetylenes is 1. The van der Waals surface area contributed by atoms with Crippen LogP contribution in [-0.4, -0.2) is 77.8 Å². The average Bonchev–Trinajstić information content (AvgIpc) is 3.21. The van der Waals surface area contributed by atoms with E-state index in [2.05, 4.69) is 26.0 Å². The molecular weight excluding hydrogens is 403 g/mol. The van der Waals surface area contributed by atoms with Gasteiger partial charge in [0, 0.05) is 38.4 Å². The van der Waals surface area contributed by atoms with Gasteiger partial charge in [0.05, 0.1) is 19.3 Å². The van der Waals surface area contributed by atoms with E-state index < -0.39 is 12.0 Å². The molecule has 1 unspecified atom stereocenters. The highest BCUT2D eigenvalue weighted by Gasteiger charge is 2.21. The number of carbonyl (C=O) groups excluding carboxylic acids is 1. The minimum Gasteiger partial charge on any atom is -0.447 e. The lowest BCUT2D eigenvalue weighted by molar-refractivity contribution is 0.0146. The summed E-state index contributed by atoms with van der Waals surface area (Å²) in [5, 5.41) is 12.6. The molecule has 0 bridgehead atoms. The molecule has 3 rings (SSSR count). The first kappa shape index (κ1) is 22.9. The van der Waals surface area contributed by atoms with Gasteiger partial charge in [-0.1, -0.05) is 12.0 Å². The Bertz CT molecular complexity index is 918. The minimum atomic E-state index is -0.574. The number of hydrogen-bond acceptors (Lipinski definition) is 7. The van der Waals surface area contributed by atoms with Gasteiger partial charge >= 0.3 is 0 Å². The molecule has 166 valence electrons. The fourth-order valence-electron chi connectivity index (χ4n) is 3.28. The molecule has 1 amide bonds. The van der Waals surface area contributed by atoms with Crippen molar-refractivity contribution >= 4 is 11.6 Å². The van der Waals surface area contributed by atoms with Crippen LogP contribution < -0.4 is 5.32 Å². The van der Waals surface area contributed by atoms with E-state index >= 15 is 0 Å². The molecule has 1 saturated heterocycles. The second-order valence-corrected chi connectivity index (χ2v) is 7.49. The molecular formula is C22H27FN4O4. The third-order valence-electron chi connectivity index (χ3n) is 5.00. The first-order valence-corrected chi connectivity index (χ1v) is 10.1. The molecule has 2 N–H and O–H groups in total. The molecule has 31 heavy (non-hydrogen) atoms. The first-order chi connectivity index (χ1) is 14.9. The molecule has 1 aliphatic rings. The SMILES string of the molecule is C#CCOCC(O)CN1CCN(Cc2nc(C(=O)Nc3ccc(C)c(F)c3)co2)CC1. The third-order valence-corrected chi connectivity index (χ3v) is 5.00. The zero-order valence-electron chi connectivity index (χ0n) is 17.5. The van der Waals surface area contributed by atoms with E-state index in [1.165, 1.54) is 12.3 Å². The Morgan fingerprint density at radius 2 is 2.13 bits per heavy atom. The van der Waals surface area contributed by atoms with Crippen LogP contribution in [0.25, 0.3) is 0 Å². The number of hydrogen-bond donors (Lipinski definition) is 2. The number of ether oxygens (including phenoxy) is 1. The highest BCUT2D eigenvalue weighted by atomic mass is 19.1. The van der Waals surface area contributed by atoms with Crippen molar-refractivity contribution in [3.05, 3.63) is 47.4 Å². The van der Waals surface area contributed by atoms with Gasteiger partial charge in [-0.25, -0.2) is 9.37 Å². The zero-order chi connectivity index (χ0) is 22.2. The largest absolute Gasteiger partial charge is 0.447 e. The van der Waals surface area contributed by atoms with Crippen LogP contribution in [0.4, 0.5) is 10.1 Å². The van der Waals surface area contributed by atoms with Crippen molar-refractivity contribution in [1.29, 1.82) is 0 Å². The summed E-state index contributed by atoms with van der Waals surface area (Å²) in [5.74, 6) is 1.97. The Morgan fingerprint density at radius 1 is 1.39 bits per heavy atom. The molecule has 2 heterocycles. The predicted molar refractivity (Wildman–Crippen MR) is 113 cm³/mol. The van der Waals surface area contributed by atoms with Gasteiger partial charge in [-0.05, 0) is 24.6 Å². The Kier molecular flexibility index (Phi) is 8.14. The van der Waals surface area contributed by atoms with Crippen molar-refractivity contribution in [2.24, 2.45) is 0 Å². The molecule has 8 nitrogen and oxygen atoms in total. The third kappa shape index (κ3) is 6.87. The lowest BCUT2D eigenvalue weighted by atomic mass is 10.2. The van der Waals surface area contributed by atoms with E-state index in [9.17, 15) is 14.3 Å². The summed E-state index contributed by atoms with van der Waals surface area (Å²) in [4.78, 5) is 20.9. The molecule has 1 fully saturated rings. The van der Waals surface area contributed by atoms with Crippen LogP contribution in [0.5, 0.6) is 0 Å². The molecule has 2 aromatic rings. The summed E-state index contributed by atoms with van der Waals surface area (Å²) in [6.07, 6.45) is 5.85.